The van der Waals surface area contributed by atoms with E-state index in [2.05, 4.69) is 39.8 Å². The molecule has 4 nitrogen and oxygen atoms in total. The average molecular weight is 621 g/mol. The van der Waals surface area contributed by atoms with Crippen molar-refractivity contribution in [3.05, 3.63) is 23.3 Å². The Labute approximate surface area is 274 Å². The summed E-state index contributed by atoms with van der Waals surface area (Å²) in [5.41, 5.74) is 3.19. The van der Waals surface area contributed by atoms with Crippen LogP contribution in [0.25, 0.3) is 0 Å². The van der Waals surface area contributed by atoms with E-state index in [9.17, 15) is 19.5 Å². The summed E-state index contributed by atoms with van der Waals surface area (Å²) in [4.78, 5) is 36.6. The molecule has 252 valence electrons. The van der Waals surface area contributed by atoms with Gasteiger partial charge in [-0.25, -0.2) is 0 Å². The number of hydrogen-bond acceptors (Lipinski definition) is 4. The quantitative estimate of drug-likeness (QED) is 0.274. The molecule has 0 bridgehead atoms. The van der Waals surface area contributed by atoms with Gasteiger partial charge in [-0.2, -0.15) is 0 Å². The van der Waals surface area contributed by atoms with Crippen molar-refractivity contribution in [3.63, 3.8) is 0 Å². The molecule has 1 N–H and O–H groups in total. The molecule has 8 aliphatic carbocycles. The lowest BCUT2D eigenvalue weighted by Crippen LogP contribution is -2.50. The van der Waals surface area contributed by atoms with Gasteiger partial charge in [-0.15, -0.1) is 0 Å². The van der Waals surface area contributed by atoms with Gasteiger partial charge in [0.2, 0.25) is 0 Å². The molecule has 4 heteroatoms. The van der Waals surface area contributed by atoms with Crippen LogP contribution in [-0.4, -0.2) is 28.1 Å². The summed E-state index contributed by atoms with van der Waals surface area (Å²) < 4.78 is 0. The standard InChI is InChI=1S/C20H30O2.C19H26O2.2CH4/c1-18(22)10-11-19(2)13(12-18)4-5-14-15-6-7-17(21)20(15,3)9-8-16(14)19;1-18-9-7-13(20)11-12(18)3-4-14-15-5-6-17(21)19(15,2)10-8-16(14)18;;/h8,13-15,22H,4-7,9-12H2,1-3H3;8,12,14-15H,3-7,9-11H2,1-2H3;2*1H4/t13-,14-,15-,18+,19-,20-;12-,14-,15-,18-,19-;;/m00../s1. The molecule has 6 fully saturated rings. The van der Waals surface area contributed by atoms with E-state index in [0.29, 0.717) is 52.9 Å². The van der Waals surface area contributed by atoms with Gasteiger partial charge in [-0.3, -0.25) is 14.4 Å². The molecule has 11 atom stereocenters. The predicted molar refractivity (Wildman–Crippen MR) is 183 cm³/mol. The fraction of sp³-hybridized carbons (Fsp3) is 0.829. The van der Waals surface area contributed by atoms with Crippen LogP contribution in [0.2, 0.25) is 0 Å². The van der Waals surface area contributed by atoms with E-state index >= 15 is 0 Å². The predicted octanol–water partition coefficient (Wildman–Crippen LogP) is 9.63. The number of fused-ring (bicyclic) bond motifs is 10. The van der Waals surface area contributed by atoms with Gasteiger partial charge in [0.05, 0.1) is 5.60 Å². The maximum absolute atomic E-state index is 12.4. The molecule has 0 aromatic carbocycles. The van der Waals surface area contributed by atoms with Gasteiger partial charge in [-0.05, 0) is 130 Å². The highest BCUT2D eigenvalue weighted by molar-refractivity contribution is 5.88. The van der Waals surface area contributed by atoms with Crippen LogP contribution in [0, 0.1) is 57.2 Å². The van der Waals surface area contributed by atoms with Crippen molar-refractivity contribution in [2.45, 2.75) is 158 Å². The van der Waals surface area contributed by atoms with Crippen molar-refractivity contribution in [2.75, 3.05) is 0 Å². The normalized spacial score (nSPS) is 49.5. The van der Waals surface area contributed by atoms with Crippen LogP contribution in [0.4, 0.5) is 0 Å². The van der Waals surface area contributed by atoms with E-state index in [1.54, 1.807) is 11.1 Å². The summed E-state index contributed by atoms with van der Waals surface area (Å²) in [5.74, 6) is 5.05. The number of ketones is 3. The van der Waals surface area contributed by atoms with Crippen LogP contribution in [0.5, 0.6) is 0 Å². The molecule has 0 spiro atoms. The molecule has 0 radical (unpaired) electrons. The second-order valence-corrected chi connectivity index (χ2v) is 17.7. The highest BCUT2D eigenvalue weighted by Gasteiger charge is 2.59. The first-order valence-electron chi connectivity index (χ1n) is 17.9. The Morgan fingerprint density at radius 3 is 1.62 bits per heavy atom. The third-order valence-electron chi connectivity index (χ3n) is 15.6. The van der Waals surface area contributed by atoms with Gasteiger partial charge in [0.1, 0.15) is 17.3 Å². The first-order chi connectivity index (χ1) is 20.2. The Morgan fingerprint density at radius 2 is 1.09 bits per heavy atom. The van der Waals surface area contributed by atoms with E-state index in [4.69, 9.17) is 0 Å². The third kappa shape index (κ3) is 5.12. The third-order valence-corrected chi connectivity index (χ3v) is 15.6. The molecular formula is C41H64O4. The minimum atomic E-state index is -0.468. The van der Waals surface area contributed by atoms with E-state index in [1.165, 1.54) is 25.7 Å². The molecule has 0 unspecified atom stereocenters. The summed E-state index contributed by atoms with van der Waals surface area (Å²) in [6.07, 6.45) is 21.0. The molecule has 0 aromatic rings. The van der Waals surface area contributed by atoms with Crippen molar-refractivity contribution in [1.82, 2.24) is 0 Å². The molecular weight excluding hydrogens is 556 g/mol. The van der Waals surface area contributed by atoms with E-state index < -0.39 is 5.60 Å². The lowest BCUT2D eigenvalue weighted by Gasteiger charge is -2.57. The lowest BCUT2D eigenvalue weighted by atomic mass is 9.48. The number of allylic oxidation sites excluding steroid dienone is 4. The van der Waals surface area contributed by atoms with Crippen molar-refractivity contribution < 1.29 is 19.5 Å². The van der Waals surface area contributed by atoms with Crippen LogP contribution in [0.3, 0.4) is 0 Å². The Hall–Kier alpha value is -1.55. The molecule has 0 saturated heterocycles. The molecule has 8 rings (SSSR count). The first kappa shape index (κ1) is 34.8. The smallest absolute Gasteiger partial charge is 0.139 e. The minimum absolute atomic E-state index is 0. The minimum Gasteiger partial charge on any atom is -0.390 e. The number of carbonyl (C=O) groups excluding carboxylic acids is 3. The van der Waals surface area contributed by atoms with Gasteiger partial charge in [-0.1, -0.05) is 65.8 Å². The topological polar surface area (TPSA) is 71.4 Å². The SMILES string of the molecule is C.C.C[C@@]1(O)CC[C@]2(C)C3=CC[C@]4(C)C(=O)CC[C@H]4[C@@H]3CC[C@H]2C1.C[C@]12CCC(=O)C[C@@H]1CC[C@@H]1C2=CC[C@]2(C)C(=O)CC[C@@H]12. The number of aliphatic hydroxyl groups is 1. The zero-order valence-corrected chi connectivity index (χ0v) is 27.6. The number of hydrogen-bond donors (Lipinski definition) is 1. The molecule has 6 saturated carbocycles. The van der Waals surface area contributed by atoms with Gasteiger partial charge in [0.15, 0.2) is 0 Å². The summed E-state index contributed by atoms with van der Waals surface area (Å²) >= 11 is 0. The molecule has 0 amide bonds. The maximum atomic E-state index is 12.4. The van der Waals surface area contributed by atoms with Crippen LogP contribution in [0.1, 0.15) is 152 Å². The van der Waals surface area contributed by atoms with Gasteiger partial charge in [0.25, 0.3) is 0 Å². The summed E-state index contributed by atoms with van der Waals surface area (Å²) in [6.45, 7) is 11.3. The number of carbonyl (C=O) groups is 3. The Balaban J connectivity index is 0.000000170. The monoisotopic (exact) mass is 620 g/mol. The molecule has 45 heavy (non-hydrogen) atoms. The van der Waals surface area contributed by atoms with Gasteiger partial charge < -0.3 is 5.11 Å². The van der Waals surface area contributed by atoms with Crippen LogP contribution in [-0.2, 0) is 14.4 Å². The average Bonchev–Trinajstić information content (AvgIpc) is 3.44. The zero-order chi connectivity index (χ0) is 30.6. The Bertz CT molecular complexity index is 1290. The first-order valence-corrected chi connectivity index (χ1v) is 17.9. The fourth-order valence-electron chi connectivity index (χ4n) is 12.6. The second kappa shape index (κ2) is 11.6. The molecule has 0 heterocycles. The van der Waals surface area contributed by atoms with Gasteiger partial charge in [0, 0.05) is 36.5 Å². The summed E-state index contributed by atoms with van der Waals surface area (Å²) in [7, 11) is 0. The van der Waals surface area contributed by atoms with Crippen LogP contribution >= 0.6 is 0 Å². The lowest BCUT2D eigenvalue weighted by molar-refractivity contribution is -0.128. The molecule has 0 aliphatic heterocycles. The van der Waals surface area contributed by atoms with Crippen molar-refractivity contribution in [1.29, 1.82) is 0 Å². The zero-order valence-electron chi connectivity index (χ0n) is 27.6. The fourth-order valence-corrected chi connectivity index (χ4v) is 12.6. The number of rotatable bonds is 0. The summed E-state index contributed by atoms with van der Waals surface area (Å²) in [6, 6.07) is 0. The summed E-state index contributed by atoms with van der Waals surface area (Å²) in [5, 5.41) is 10.5. The van der Waals surface area contributed by atoms with Crippen LogP contribution < -0.4 is 0 Å². The Morgan fingerprint density at radius 1 is 0.600 bits per heavy atom. The van der Waals surface area contributed by atoms with Crippen molar-refractivity contribution >= 4 is 17.3 Å². The maximum Gasteiger partial charge on any atom is 0.139 e. The van der Waals surface area contributed by atoms with E-state index in [0.717, 1.165) is 77.0 Å². The highest BCUT2D eigenvalue weighted by atomic mass is 16.3. The van der Waals surface area contributed by atoms with Crippen molar-refractivity contribution in [2.24, 2.45) is 57.2 Å². The van der Waals surface area contributed by atoms with E-state index in [1.807, 2.05) is 6.92 Å². The molecule has 8 aliphatic rings. The number of Topliss-reactive ketones (excluding diaryl/α,β-unsaturated/α-hetero) is 3. The Kier molecular flexibility index (Phi) is 8.93. The van der Waals surface area contributed by atoms with Crippen LogP contribution in [0.15, 0.2) is 23.3 Å². The largest absolute Gasteiger partial charge is 0.390 e. The van der Waals surface area contributed by atoms with E-state index in [-0.39, 0.29) is 36.5 Å². The highest BCUT2D eigenvalue weighted by Crippen LogP contribution is 2.65. The van der Waals surface area contributed by atoms with Gasteiger partial charge >= 0.3 is 0 Å². The van der Waals surface area contributed by atoms with Crippen molar-refractivity contribution in [3.8, 4) is 0 Å². The molecule has 0 aromatic heterocycles. The second-order valence-electron chi connectivity index (χ2n) is 17.7.